The third kappa shape index (κ3) is 5.31. The van der Waals surface area contributed by atoms with Gasteiger partial charge in [-0.3, -0.25) is 10.1 Å². The second-order valence-electron chi connectivity index (χ2n) is 5.13. The number of thiocarbonyl (C=S) groups is 1. The van der Waals surface area contributed by atoms with Crippen LogP contribution in [0.15, 0.2) is 60.7 Å². The highest BCUT2D eigenvalue weighted by Crippen LogP contribution is 2.24. The Morgan fingerprint density at radius 3 is 2.58 bits per heavy atom. The molecule has 0 aliphatic heterocycles. The number of carbonyl (C=O) groups is 1. The Morgan fingerprint density at radius 1 is 1.21 bits per heavy atom. The number of ether oxygens (including phenoxy) is 1. The van der Waals surface area contributed by atoms with Crippen molar-refractivity contribution in [2.24, 2.45) is 0 Å². The summed E-state index contributed by atoms with van der Waals surface area (Å²) in [5.41, 5.74) is 2.18. The number of hydrogen-bond donors (Lipinski definition) is 2. The van der Waals surface area contributed by atoms with Gasteiger partial charge in [-0.05, 0) is 71.6 Å². The van der Waals surface area contributed by atoms with Crippen LogP contribution in [0.4, 0.5) is 5.69 Å². The van der Waals surface area contributed by atoms with Gasteiger partial charge in [-0.2, -0.15) is 0 Å². The van der Waals surface area contributed by atoms with Crippen LogP contribution in [0.25, 0.3) is 0 Å². The van der Waals surface area contributed by atoms with Crippen LogP contribution in [0.1, 0.15) is 17.3 Å². The number of anilines is 1. The first-order valence-electron chi connectivity index (χ1n) is 7.20. The van der Waals surface area contributed by atoms with Crippen LogP contribution in [0.5, 0.6) is 5.75 Å². The molecular weight excluding hydrogens is 435 g/mol. The van der Waals surface area contributed by atoms with Gasteiger partial charge in [0.1, 0.15) is 12.4 Å². The van der Waals surface area contributed by atoms with Gasteiger partial charge in [0.05, 0.1) is 11.3 Å². The molecule has 1 amide bonds. The molecule has 0 saturated carbocycles. The molecule has 2 aromatic rings. The van der Waals surface area contributed by atoms with Crippen molar-refractivity contribution in [1.29, 1.82) is 0 Å². The lowest BCUT2D eigenvalue weighted by atomic mass is 10.2. The van der Waals surface area contributed by atoms with Crippen LogP contribution >= 0.6 is 34.8 Å². The molecule has 0 radical (unpaired) electrons. The molecule has 0 atom stereocenters. The van der Waals surface area contributed by atoms with Crippen molar-refractivity contribution in [1.82, 2.24) is 5.32 Å². The maximum Gasteiger partial charge on any atom is 0.258 e. The topological polar surface area (TPSA) is 50.4 Å². The molecule has 0 saturated heterocycles. The molecule has 0 spiro atoms. The van der Waals surface area contributed by atoms with Gasteiger partial charge in [0.25, 0.3) is 5.91 Å². The minimum atomic E-state index is -0.252. The van der Waals surface area contributed by atoms with Crippen molar-refractivity contribution in [2.45, 2.75) is 6.92 Å². The highest BCUT2D eigenvalue weighted by atomic mass is 127. The standard InChI is InChI=1S/C18H17IN2O2S/c1-12(2)11-23-16-10-6-5-9-15(16)20-18(24)21-17(22)13-7-3-4-8-14(13)19/h3-10H,1,11H2,2H3,(H2,20,21,22,24). The largest absolute Gasteiger partial charge is 0.487 e. The Balaban J connectivity index is 2.04. The summed E-state index contributed by atoms with van der Waals surface area (Å²) in [5, 5.41) is 5.89. The second kappa shape index (κ2) is 8.79. The van der Waals surface area contributed by atoms with Crippen LogP contribution < -0.4 is 15.4 Å². The smallest absolute Gasteiger partial charge is 0.258 e. The van der Waals surface area contributed by atoms with E-state index in [9.17, 15) is 4.79 Å². The summed E-state index contributed by atoms with van der Waals surface area (Å²) in [6.07, 6.45) is 0. The summed E-state index contributed by atoms with van der Waals surface area (Å²) >= 11 is 7.35. The molecular formula is C18H17IN2O2S. The minimum absolute atomic E-state index is 0.214. The average molecular weight is 452 g/mol. The number of amides is 1. The SMILES string of the molecule is C=C(C)COc1ccccc1NC(=S)NC(=O)c1ccccc1I. The van der Waals surface area contributed by atoms with Gasteiger partial charge in [0.15, 0.2) is 5.11 Å². The Morgan fingerprint density at radius 2 is 1.88 bits per heavy atom. The first kappa shape index (κ1) is 18.4. The monoisotopic (exact) mass is 452 g/mol. The maximum absolute atomic E-state index is 12.3. The lowest BCUT2D eigenvalue weighted by Gasteiger charge is -2.14. The zero-order valence-electron chi connectivity index (χ0n) is 13.1. The fourth-order valence-corrected chi connectivity index (χ4v) is 2.70. The van der Waals surface area contributed by atoms with Gasteiger partial charge in [0.2, 0.25) is 0 Å². The van der Waals surface area contributed by atoms with Crippen LogP contribution in [-0.4, -0.2) is 17.6 Å². The van der Waals surface area contributed by atoms with Crippen LogP contribution in [-0.2, 0) is 0 Å². The molecule has 0 aliphatic carbocycles. The molecule has 4 nitrogen and oxygen atoms in total. The van der Waals surface area contributed by atoms with Crippen molar-refractivity contribution in [2.75, 3.05) is 11.9 Å². The molecule has 0 aliphatic rings. The minimum Gasteiger partial charge on any atom is -0.487 e. The van der Waals surface area contributed by atoms with Crippen molar-refractivity contribution >= 4 is 51.5 Å². The first-order chi connectivity index (χ1) is 11.5. The molecule has 0 heterocycles. The van der Waals surface area contributed by atoms with E-state index in [1.807, 2.05) is 49.4 Å². The summed E-state index contributed by atoms with van der Waals surface area (Å²) in [4.78, 5) is 12.3. The van der Waals surface area contributed by atoms with Gasteiger partial charge in [-0.25, -0.2) is 0 Å². The Kier molecular flexibility index (Phi) is 6.74. The molecule has 0 fully saturated rings. The van der Waals surface area contributed by atoms with Crippen LogP contribution in [0.2, 0.25) is 0 Å². The zero-order valence-corrected chi connectivity index (χ0v) is 16.1. The number of rotatable bonds is 5. The molecule has 0 aromatic heterocycles. The summed E-state index contributed by atoms with van der Waals surface area (Å²) in [6.45, 7) is 6.12. The lowest BCUT2D eigenvalue weighted by molar-refractivity contribution is 0.0977. The average Bonchev–Trinajstić information content (AvgIpc) is 2.54. The Bertz CT molecular complexity index is 777. The van der Waals surface area contributed by atoms with Crippen molar-refractivity contribution in [3.8, 4) is 5.75 Å². The van der Waals surface area contributed by atoms with E-state index in [1.165, 1.54) is 0 Å². The molecule has 124 valence electrons. The molecule has 0 unspecified atom stereocenters. The van der Waals surface area contributed by atoms with Gasteiger partial charge >= 0.3 is 0 Å². The van der Waals surface area contributed by atoms with E-state index in [0.29, 0.717) is 23.6 Å². The Labute approximate surface area is 160 Å². The molecule has 2 aromatic carbocycles. The van der Waals surface area contributed by atoms with Crippen molar-refractivity contribution in [3.05, 3.63) is 69.8 Å². The predicted molar refractivity (Wildman–Crippen MR) is 110 cm³/mol. The third-order valence-electron chi connectivity index (χ3n) is 2.95. The number of halogens is 1. The Hall–Kier alpha value is -1.93. The van der Waals surface area contributed by atoms with E-state index in [-0.39, 0.29) is 11.0 Å². The molecule has 0 bridgehead atoms. The van der Waals surface area contributed by atoms with Crippen molar-refractivity contribution in [3.63, 3.8) is 0 Å². The summed E-state index contributed by atoms with van der Waals surface area (Å²) in [5.74, 6) is 0.393. The van der Waals surface area contributed by atoms with E-state index in [4.69, 9.17) is 17.0 Å². The van der Waals surface area contributed by atoms with E-state index >= 15 is 0 Å². The van der Waals surface area contributed by atoms with Gasteiger partial charge in [-0.1, -0.05) is 30.8 Å². The number of para-hydroxylation sites is 2. The summed E-state index contributed by atoms with van der Waals surface area (Å²) < 4.78 is 6.53. The molecule has 2 N–H and O–H groups in total. The fourth-order valence-electron chi connectivity index (χ4n) is 1.87. The lowest BCUT2D eigenvalue weighted by Crippen LogP contribution is -2.34. The highest BCUT2D eigenvalue weighted by Gasteiger charge is 2.12. The fraction of sp³-hybridized carbons (Fsp3) is 0.111. The quantitative estimate of drug-likeness (QED) is 0.402. The van der Waals surface area contributed by atoms with E-state index in [2.05, 4.69) is 39.8 Å². The number of benzene rings is 2. The molecule has 2 rings (SSSR count). The predicted octanol–water partition coefficient (Wildman–Crippen LogP) is 4.37. The van der Waals surface area contributed by atoms with E-state index in [0.717, 1.165) is 9.14 Å². The molecule has 6 heteroatoms. The van der Waals surface area contributed by atoms with E-state index in [1.54, 1.807) is 6.07 Å². The normalized spacial score (nSPS) is 9.92. The van der Waals surface area contributed by atoms with E-state index < -0.39 is 0 Å². The van der Waals surface area contributed by atoms with Crippen LogP contribution in [0.3, 0.4) is 0 Å². The summed E-state index contributed by atoms with van der Waals surface area (Å²) in [6, 6.07) is 14.7. The number of nitrogens with one attached hydrogen (secondary N) is 2. The maximum atomic E-state index is 12.3. The van der Waals surface area contributed by atoms with Crippen molar-refractivity contribution < 1.29 is 9.53 Å². The van der Waals surface area contributed by atoms with Crippen LogP contribution in [0, 0.1) is 3.57 Å². The number of hydrogen-bond acceptors (Lipinski definition) is 3. The second-order valence-corrected chi connectivity index (χ2v) is 6.70. The molecule has 24 heavy (non-hydrogen) atoms. The van der Waals surface area contributed by atoms with Gasteiger partial charge < -0.3 is 10.1 Å². The summed E-state index contributed by atoms with van der Waals surface area (Å²) in [7, 11) is 0. The zero-order chi connectivity index (χ0) is 17.5. The highest BCUT2D eigenvalue weighted by molar-refractivity contribution is 14.1. The van der Waals surface area contributed by atoms with Gasteiger partial charge in [0, 0.05) is 3.57 Å². The third-order valence-corrected chi connectivity index (χ3v) is 4.10. The number of carbonyl (C=O) groups excluding carboxylic acids is 1. The first-order valence-corrected chi connectivity index (χ1v) is 8.69. The van der Waals surface area contributed by atoms with Gasteiger partial charge in [-0.15, -0.1) is 0 Å².